The molecule has 42 heavy (non-hydrogen) atoms. The summed E-state index contributed by atoms with van der Waals surface area (Å²) >= 11 is 26.8. The van der Waals surface area contributed by atoms with Crippen LogP contribution in [-0.4, -0.2) is 47.0 Å². The molecule has 1 heterocycles. The van der Waals surface area contributed by atoms with Gasteiger partial charge in [-0.05, 0) is 40.5 Å². The minimum absolute atomic E-state index is 0.0416. The van der Waals surface area contributed by atoms with Gasteiger partial charge in [0.25, 0.3) is 0 Å². The first kappa shape index (κ1) is 28.7. The second-order valence-corrected chi connectivity index (χ2v) is 12.4. The predicted molar refractivity (Wildman–Crippen MR) is 154 cm³/mol. The maximum absolute atomic E-state index is 14.2. The van der Waals surface area contributed by atoms with Gasteiger partial charge >= 0.3 is 5.97 Å². The van der Waals surface area contributed by atoms with Crippen molar-refractivity contribution in [3.8, 4) is 0 Å². The van der Waals surface area contributed by atoms with Crippen LogP contribution >= 0.6 is 46.4 Å². The zero-order chi connectivity index (χ0) is 30.1. The molecule has 2 N–H and O–H groups in total. The first-order valence-corrected chi connectivity index (χ1v) is 14.3. The predicted octanol–water partition coefficient (Wildman–Crippen LogP) is 4.56. The summed E-state index contributed by atoms with van der Waals surface area (Å²) in [6.45, 7) is -0.783. The topological polar surface area (TPSA) is 124 Å². The summed E-state index contributed by atoms with van der Waals surface area (Å²) in [7, 11) is 0. The quantitative estimate of drug-likeness (QED) is 0.174. The number of benzene rings is 3. The van der Waals surface area contributed by atoms with Gasteiger partial charge in [-0.1, -0.05) is 71.7 Å². The zero-order valence-electron chi connectivity index (χ0n) is 21.5. The van der Waals surface area contributed by atoms with E-state index in [1.807, 2.05) is 0 Å². The smallest absolute Gasteiger partial charge is 0.330 e. The Hall–Kier alpha value is -3.43. The lowest BCUT2D eigenvalue weighted by atomic mass is 9.54. The number of hydrogen-bond acceptors (Lipinski definition) is 6. The van der Waals surface area contributed by atoms with Gasteiger partial charge in [0.2, 0.25) is 23.5 Å². The van der Waals surface area contributed by atoms with Crippen molar-refractivity contribution in [2.24, 2.45) is 17.6 Å². The van der Waals surface area contributed by atoms with E-state index >= 15 is 0 Å². The maximum atomic E-state index is 14.2. The number of primary amides is 1. The van der Waals surface area contributed by atoms with Crippen molar-refractivity contribution in [2.75, 3.05) is 6.61 Å². The van der Waals surface area contributed by atoms with Crippen LogP contribution in [0.4, 0.5) is 0 Å². The molecule has 0 unspecified atom stereocenters. The molecule has 2 bridgehead atoms. The molecule has 1 aliphatic heterocycles. The summed E-state index contributed by atoms with van der Waals surface area (Å²) in [5.74, 6) is -6.83. The summed E-state index contributed by atoms with van der Waals surface area (Å²) in [4.78, 5) is 64.2. The molecule has 0 spiro atoms. The fraction of sp³-hybridized carbons (Fsp3) is 0.233. The van der Waals surface area contributed by atoms with Crippen molar-refractivity contribution in [1.82, 2.24) is 4.90 Å². The van der Waals surface area contributed by atoms with Crippen LogP contribution in [0.2, 0.25) is 10.0 Å². The number of Topliss-reactive ketones (excluding diaryl/α,β-unsaturated/α-hetero) is 1. The van der Waals surface area contributed by atoms with Gasteiger partial charge in [0.1, 0.15) is 15.8 Å². The molecule has 3 amide bonds. The minimum atomic E-state index is -1.76. The van der Waals surface area contributed by atoms with E-state index in [1.165, 1.54) is 18.2 Å². The van der Waals surface area contributed by atoms with Gasteiger partial charge in [0, 0.05) is 10.6 Å². The van der Waals surface area contributed by atoms with E-state index in [-0.39, 0.29) is 10.6 Å². The Kier molecular flexibility index (Phi) is 6.89. The molecule has 3 aliphatic carbocycles. The van der Waals surface area contributed by atoms with Crippen LogP contribution in [0.25, 0.3) is 0 Å². The van der Waals surface area contributed by atoms with E-state index in [2.05, 4.69) is 0 Å². The number of nitrogens with zero attached hydrogens (tertiary/aromatic N) is 1. The van der Waals surface area contributed by atoms with E-state index in [1.54, 1.807) is 48.5 Å². The summed E-state index contributed by atoms with van der Waals surface area (Å²) in [6.07, 6.45) is -0.740. The Morgan fingerprint density at radius 1 is 0.833 bits per heavy atom. The monoisotopic (exact) mass is 644 g/mol. The van der Waals surface area contributed by atoms with Gasteiger partial charge in [0.15, 0.2) is 6.61 Å². The zero-order valence-corrected chi connectivity index (χ0v) is 24.5. The summed E-state index contributed by atoms with van der Waals surface area (Å²) < 4.78 is 5.21. The van der Waals surface area contributed by atoms with E-state index in [4.69, 9.17) is 56.9 Å². The van der Waals surface area contributed by atoms with Gasteiger partial charge < -0.3 is 10.5 Å². The third-order valence-electron chi connectivity index (χ3n) is 8.17. The Morgan fingerprint density at radius 3 is 1.74 bits per heavy atom. The first-order chi connectivity index (χ1) is 19.9. The molecule has 4 aliphatic rings. The standard InChI is InChI=1S/C30H20Cl4N2O6/c31-14-9-10-15(20(32)11-14)22(37)13-42-28(41)21(12-23(35)38)36-26(39)24-25(27(36)40)30(34)17-6-2-1-5-16(17)29(24,33)18-7-3-4-8-19(18)30/h1-11,21,24-25H,12-13H2,(H2,35,38)/t21-,24-,25-,29?,30?/m1/s1. The normalized spacial score (nSPS) is 25.9. The fourth-order valence-electron chi connectivity index (χ4n) is 6.49. The maximum Gasteiger partial charge on any atom is 0.330 e. The van der Waals surface area contributed by atoms with Crippen molar-refractivity contribution in [3.63, 3.8) is 0 Å². The number of alkyl halides is 2. The fourth-order valence-corrected chi connectivity index (χ4v) is 8.10. The molecule has 3 aromatic carbocycles. The molecule has 0 aromatic heterocycles. The number of ether oxygens (including phenoxy) is 1. The van der Waals surface area contributed by atoms with E-state index in [0.29, 0.717) is 32.2 Å². The Labute approximate surface area is 259 Å². The highest BCUT2D eigenvalue weighted by molar-refractivity contribution is 6.37. The number of imide groups is 1. The largest absolute Gasteiger partial charge is 0.456 e. The number of nitrogens with two attached hydrogens (primary N) is 1. The van der Waals surface area contributed by atoms with Crippen LogP contribution in [0.5, 0.6) is 0 Å². The lowest BCUT2D eigenvalue weighted by Crippen LogP contribution is -2.57. The average molecular weight is 646 g/mol. The third kappa shape index (κ3) is 3.93. The van der Waals surface area contributed by atoms with Crippen LogP contribution in [0.15, 0.2) is 66.7 Å². The number of ketones is 1. The third-order valence-corrected chi connectivity index (χ3v) is 10.0. The van der Waals surface area contributed by atoms with Gasteiger partial charge in [0.05, 0.1) is 23.3 Å². The number of esters is 1. The molecule has 1 saturated heterocycles. The highest BCUT2D eigenvalue weighted by atomic mass is 35.5. The van der Waals surface area contributed by atoms with Gasteiger partial charge in [-0.15, -0.1) is 23.2 Å². The van der Waals surface area contributed by atoms with Crippen LogP contribution in [-0.2, 0) is 33.7 Å². The summed E-state index contributed by atoms with van der Waals surface area (Å²) in [6, 6.07) is 16.5. The molecule has 0 saturated carbocycles. The lowest BCUT2D eigenvalue weighted by Gasteiger charge is -2.54. The molecular formula is C30H20Cl4N2O6. The van der Waals surface area contributed by atoms with Crippen molar-refractivity contribution in [2.45, 2.75) is 22.2 Å². The minimum Gasteiger partial charge on any atom is -0.456 e. The molecule has 12 heteroatoms. The number of carbonyl (C=O) groups is 5. The molecule has 3 aromatic rings. The van der Waals surface area contributed by atoms with Crippen molar-refractivity contribution >= 4 is 75.9 Å². The van der Waals surface area contributed by atoms with E-state index in [9.17, 15) is 24.0 Å². The lowest BCUT2D eigenvalue weighted by molar-refractivity contribution is -0.159. The van der Waals surface area contributed by atoms with Crippen molar-refractivity contribution < 1.29 is 28.7 Å². The first-order valence-electron chi connectivity index (χ1n) is 12.8. The number of amides is 3. The number of rotatable bonds is 7. The number of halogens is 4. The number of likely N-dealkylation sites (tertiary alicyclic amines) is 1. The number of carbonyl (C=O) groups excluding carboxylic acids is 5. The molecule has 7 rings (SSSR count). The molecule has 8 nitrogen and oxygen atoms in total. The highest BCUT2D eigenvalue weighted by Crippen LogP contribution is 2.69. The molecule has 1 fully saturated rings. The SMILES string of the molecule is NC(=O)C[C@H](C(=O)OCC(=O)c1ccc(Cl)cc1Cl)N1C(=O)[C@H]2[C@H](C1=O)C1(Cl)c3ccccc3C2(Cl)c2ccccc21. The van der Waals surface area contributed by atoms with Gasteiger partial charge in [-0.2, -0.15) is 0 Å². The molecular weight excluding hydrogens is 626 g/mol. The second kappa shape index (κ2) is 10.1. The van der Waals surface area contributed by atoms with Crippen LogP contribution in [0.3, 0.4) is 0 Å². The van der Waals surface area contributed by atoms with Crippen molar-refractivity contribution in [1.29, 1.82) is 0 Å². The Balaban J connectivity index is 1.38. The molecule has 3 atom stereocenters. The van der Waals surface area contributed by atoms with Gasteiger partial charge in [-0.3, -0.25) is 24.1 Å². The molecule has 214 valence electrons. The van der Waals surface area contributed by atoms with Crippen molar-refractivity contribution in [3.05, 3.63) is 105 Å². The molecule has 0 radical (unpaired) electrons. The van der Waals surface area contributed by atoms with Crippen LogP contribution < -0.4 is 5.73 Å². The number of hydrogen-bond donors (Lipinski definition) is 1. The van der Waals surface area contributed by atoms with Gasteiger partial charge in [-0.25, -0.2) is 4.79 Å². The van der Waals surface area contributed by atoms with Crippen LogP contribution in [0.1, 0.15) is 39.0 Å². The Morgan fingerprint density at radius 2 is 1.31 bits per heavy atom. The average Bonchev–Trinajstić information content (AvgIpc) is 3.23. The summed E-state index contributed by atoms with van der Waals surface area (Å²) in [5, 5.41) is 0.343. The van der Waals surface area contributed by atoms with E-state index < -0.39 is 70.1 Å². The second-order valence-electron chi connectivity index (χ2n) is 10.4. The van der Waals surface area contributed by atoms with E-state index in [0.717, 1.165) is 0 Å². The Bertz CT molecular complexity index is 1600. The highest BCUT2D eigenvalue weighted by Gasteiger charge is 2.73. The van der Waals surface area contributed by atoms with Crippen LogP contribution in [0, 0.1) is 11.8 Å². The summed E-state index contributed by atoms with van der Waals surface area (Å²) in [5.41, 5.74) is 7.76.